The summed E-state index contributed by atoms with van der Waals surface area (Å²) in [4.78, 5) is 14.3. The van der Waals surface area contributed by atoms with Crippen LogP contribution in [0.5, 0.6) is 0 Å². The summed E-state index contributed by atoms with van der Waals surface area (Å²) in [6, 6.07) is 2.78. The zero-order valence-electron chi connectivity index (χ0n) is 6.45. The van der Waals surface area contributed by atoms with Gasteiger partial charge in [-0.15, -0.1) is 0 Å². The molecule has 0 spiro atoms. The van der Waals surface area contributed by atoms with Crippen molar-refractivity contribution in [1.82, 2.24) is 10.3 Å². The number of urea groups is 1. The predicted octanol–water partition coefficient (Wildman–Crippen LogP) is -0.168. The van der Waals surface area contributed by atoms with Crippen LogP contribution in [0.25, 0.3) is 0 Å². The fourth-order valence-corrected chi connectivity index (χ4v) is 0.771. The number of hydrogen-bond donors (Lipinski definition) is 3. The molecular weight excluding hydrogens is 156 g/mol. The monoisotopic (exact) mass is 166 g/mol. The van der Waals surface area contributed by atoms with Crippen molar-refractivity contribution in [2.24, 2.45) is 5.73 Å². The molecule has 0 saturated heterocycles. The molecule has 0 saturated carbocycles. The molecule has 0 aliphatic heterocycles. The van der Waals surface area contributed by atoms with Gasteiger partial charge in [0.25, 0.3) is 0 Å². The van der Waals surface area contributed by atoms with Crippen molar-refractivity contribution >= 4 is 11.7 Å². The number of carbonyl (C=O) groups is 1. The van der Waals surface area contributed by atoms with Crippen LogP contribution < -0.4 is 16.8 Å². The molecule has 0 fully saturated rings. The molecule has 1 heterocycles. The van der Waals surface area contributed by atoms with Gasteiger partial charge in [0.15, 0.2) is 0 Å². The molecule has 0 unspecified atom stereocenters. The van der Waals surface area contributed by atoms with Crippen LogP contribution in [0.2, 0.25) is 0 Å². The minimum Gasteiger partial charge on any atom is -0.399 e. The van der Waals surface area contributed by atoms with E-state index in [4.69, 9.17) is 11.5 Å². The van der Waals surface area contributed by atoms with E-state index < -0.39 is 6.03 Å². The Kier molecular flexibility index (Phi) is 2.47. The second kappa shape index (κ2) is 3.56. The average molecular weight is 166 g/mol. The van der Waals surface area contributed by atoms with Crippen molar-refractivity contribution in [3.63, 3.8) is 0 Å². The lowest BCUT2D eigenvalue weighted by Gasteiger charge is -2.01. The number of nitrogens with zero attached hydrogens (tertiary/aromatic N) is 1. The first kappa shape index (κ1) is 8.32. The van der Waals surface area contributed by atoms with E-state index in [0.29, 0.717) is 17.9 Å². The number of amides is 2. The van der Waals surface area contributed by atoms with Crippen LogP contribution in [0.1, 0.15) is 5.69 Å². The number of hydrogen-bond acceptors (Lipinski definition) is 3. The maximum Gasteiger partial charge on any atom is 0.312 e. The molecule has 0 atom stereocenters. The van der Waals surface area contributed by atoms with Gasteiger partial charge in [0.2, 0.25) is 0 Å². The fourth-order valence-electron chi connectivity index (χ4n) is 0.771. The lowest BCUT2D eigenvalue weighted by atomic mass is 10.3. The molecule has 0 aromatic carbocycles. The van der Waals surface area contributed by atoms with Gasteiger partial charge in [-0.1, -0.05) is 0 Å². The normalized spacial score (nSPS) is 9.33. The molecule has 5 nitrogen and oxygen atoms in total. The van der Waals surface area contributed by atoms with E-state index in [-0.39, 0.29) is 0 Å². The minimum absolute atomic E-state index is 0.306. The standard InChI is InChI=1S/C7H10N4O/c8-5-1-2-10-6(3-5)4-11-7(9)12/h1-3H,4H2,(H2,8,10)(H3,9,11,12). The Morgan fingerprint density at radius 1 is 1.67 bits per heavy atom. The maximum absolute atomic E-state index is 10.3. The summed E-state index contributed by atoms with van der Waals surface area (Å²) in [7, 11) is 0. The van der Waals surface area contributed by atoms with Crippen molar-refractivity contribution in [2.45, 2.75) is 6.54 Å². The molecule has 5 N–H and O–H groups in total. The molecule has 2 amide bonds. The Labute approximate surface area is 69.8 Å². The van der Waals surface area contributed by atoms with E-state index in [9.17, 15) is 4.79 Å². The first-order valence-electron chi connectivity index (χ1n) is 3.42. The van der Waals surface area contributed by atoms with Gasteiger partial charge in [-0.2, -0.15) is 0 Å². The zero-order valence-corrected chi connectivity index (χ0v) is 6.45. The number of pyridine rings is 1. The van der Waals surface area contributed by atoms with Gasteiger partial charge in [0.05, 0.1) is 12.2 Å². The quantitative estimate of drug-likeness (QED) is 0.569. The number of aromatic nitrogens is 1. The fraction of sp³-hybridized carbons (Fsp3) is 0.143. The Hall–Kier alpha value is -1.78. The Morgan fingerprint density at radius 3 is 3.00 bits per heavy atom. The molecule has 1 rings (SSSR count). The lowest BCUT2D eigenvalue weighted by molar-refractivity contribution is 0.248. The van der Waals surface area contributed by atoms with Crippen LogP contribution in [0, 0.1) is 0 Å². The Morgan fingerprint density at radius 2 is 2.42 bits per heavy atom. The highest BCUT2D eigenvalue weighted by molar-refractivity contribution is 5.71. The number of nitrogens with one attached hydrogen (secondary N) is 1. The van der Waals surface area contributed by atoms with Gasteiger partial charge in [0.1, 0.15) is 0 Å². The molecule has 1 aromatic rings. The van der Waals surface area contributed by atoms with Crippen molar-refractivity contribution in [3.8, 4) is 0 Å². The van der Waals surface area contributed by atoms with Gasteiger partial charge < -0.3 is 16.8 Å². The van der Waals surface area contributed by atoms with Crippen LogP contribution in [0.3, 0.4) is 0 Å². The van der Waals surface area contributed by atoms with Gasteiger partial charge in [-0.25, -0.2) is 4.79 Å². The van der Waals surface area contributed by atoms with E-state index >= 15 is 0 Å². The van der Waals surface area contributed by atoms with Crippen LogP contribution in [0.4, 0.5) is 10.5 Å². The van der Waals surface area contributed by atoms with Gasteiger partial charge >= 0.3 is 6.03 Å². The van der Waals surface area contributed by atoms with Crippen LogP contribution in [0.15, 0.2) is 18.3 Å². The third-order valence-electron chi connectivity index (χ3n) is 1.28. The van der Waals surface area contributed by atoms with Crippen LogP contribution in [-0.4, -0.2) is 11.0 Å². The molecule has 1 aromatic heterocycles. The largest absolute Gasteiger partial charge is 0.399 e. The average Bonchev–Trinajstić information content (AvgIpc) is 2.01. The van der Waals surface area contributed by atoms with Crippen LogP contribution in [-0.2, 0) is 6.54 Å². The number of nitrogen functional groups attached to an aromatic ring is 1. The first-order chi connectivity index (χ1) is 5.68. The molecule has 5 heteroatoms. The summed E-state index contributed by atoms with van der Waals surface area (Å²) >= 11 is 0. The number of carbonyl (C=O) groups excluding carboxylic acids is 1. The van der Waals surface area contributed by atoms with Crippen LogP contribution >= 0.6 is 0 Å². The summed E-state index contributed by atoms with van der Waals surface area (Å²) in [5.74, 6) is 0. The van der Waals surface area contributed by atoms with Crippen molar-refractivity contribution in [3.05, 3.63) is 24.0 Å². The summed E-state index contributed by atoms with van der Waals surface area (Å²) in [6.45, 7) is 0.306. The van der Waals surface area contributed by atoms with Crippen molar-refractivity contribution in [1.29, 1.82) is 0 Å². The third kappa shape index (κ3) is 2.45. The van der Waals surface area contributed by atoms with Crippen molar-refractivity contribution < 1.29 is 4.79 Å². The molecule has 0 bridgehead atoms. The predicted molar refractivity (Wildman–Crippen MR) is 45.1 cm³/mol. The molecule has 12 heavy (non-hydrogen) atoms. The lowest BCUT2D eigenvalue weighted by Crippen LogP contribution is -2.28. The second-order valence-corrected chi connectivity index (χ2v) is 2.30. The third-order valence-corrected chi connectivity index (χ3v) is 1.28. The van der Waals surface area contributed by atoms with E-state index in [0.717, 1.165) is 0 Å². The summed E-state index contributed by atoms with van der Waals surface area (Å²) in [5.41, 5.74) is 11.7. The summed E-state index contributed by atoms with van der Waals surface area (Å²) < 4.78 is 0. The topological polar surface area (TPSA) is 94.0 Å². The van der Waals surface area contributed by atoms with E-state index in [1.807, 2.05) is 0 Å². The number of nitrogens with two attached hydrogens (primary N) is 2. The summed E-state index contributed by atoms with van der Waals surface area (Å²) in [6.07, 6.45) is 1.58. The molecule has 0 aliphatic carbocycles. The SMILES string of the molecule is NC(=O)NCc1cc(N)ccn1. The van der Waals surface area contributed by atoms with E-state index in [2.05, 4.69) is 10.3 Å². The van der Waals surface area contributed by atoms with Gasteiger partial charge in [0, 0.05) is 11.9 Å². The molecule has 0 radical (unpaired) electrons. The highest BCUT2D eigenvalue weighted by atomic mass is 16.2. The number of anilines is 1. The highest BCUT2D eigenvalue weighted by Crippen LogP contribution is 2.01. The molecular formula is C7H10N4O. The highest BCUT2D eigenvalue weighted by Gasteiger charge is 1.95. The molecule has 64 valence electrons. The van der Waals surface area contributed by atoms with E-state index in [1.165, 1.54) is 0 Å². The first-order valence-corrected chi connectivity index (χ1v) is 3.42. The molecule has 0 aliphatic rings. The summed E-state index contributed by atoms with van der Waals surface area (Å²) in [5, 5.41) is 2.41. The zero-order chi connectivity index (χ0) is 8.97. The minimum atomic E-state index is -0.570. The van der Waals surface area contributed by atoms with Crippen molar-refractivity contribution in [2.75, 3.05) is 5.73 Å². The Balaban J connectivity index is 2.57. The van der Waals surface area contributed by atoms with E-state index in [1.54, 1.807) is 18.3 Å². The maximum atomic E-state index is 10.3. The van der Waals surface area contributed by atoms with Gasteiger partial charge in [-0.05, 0) is 12.1 Å². The second-order valence-electron chi connectivity index (χ2n) is 2.30. The smallest absolute Gasteiger partial charge is 0.312 e. The Bertz CT molecular complexity index is 286. The number of primary amides is 1. The number of rotatable bonds is 2. The van der Waals surface area contributed by atoms with Gasteiger partial charge in [-0.3, -0.25) is 4.98 Å².